The number of nitrogens with one attached hydrogen (secondary N) is 1. The second-order valence-electron chi connectivity index (χ2n) is 7.70. The number of carbonyl (C=O) groups is 1. The molecule has 3 heterocycles. The van der Waals surface area contributed by atoms with E-state index >= 15 is 0 Å². The summed E-state index contributed by atoms with van der Waals surface area (Å²) in [5.41, 5.74) is 7.90. The van der Waals surface area contributed by atoms with Crippen molar-refractivity contribution in [2.24, 2.45) is 7.05 Å². The van der Waals surface area contributed by atoms with Crippen LogP contribution in [-0.2, 0) is 18.0 Å². The molecule has 33 heavy (non-hydrogen) atoms. The predicted molar refractivity (Wildman–Crippen MR) is 122 cm³/mol. The van der Waals surface area contributed by atoms with Crippen molar-refractivity contribution >= 4 is 34.5 Å². The Hall–Kier alpha value is -3.63. The van der Waals surface area contributed by atoms with Gasteiger partial charge in [-0.3, -0.25) is 4.79 Å². The summed E-state index contributed by atoms with van der Waals surface area (Å²) >= 11 is 0. The molecule has 0 saturated carbocycles. The molecule has 176 valence electrons. The highest BCUT2D eigenvalue weighted by molar-refractivity contribution is 6.00. The van der Waals surface area contributed by atoms with E-state index in [4.69, 9.17) is 10.7 Å². The largest absolute Gasteiger partial charge is 0.419 e. The molecule has 4 rings (SSSR count). The molecule has 1 aliphatic rings. The lowest BCUT2D eigenvalue weighted by Gasteiger charge is -2.27. The van der Waals surface area contributed by atoms with E-state index in [1.807, 2.05) is 13.0 Å². The molecule has 1 aliphatic heterocycles. The van der Waals surface area contributed by atoms with Crippen LogP contribution in [-0.4, -0.2) is 38.5 Å². The molecule has 0 radical (unpaired) electrons. The zero-order valence-electron chi connectivity index (χ0n) is 18.5. The van der Waals surface area contributed by atoms with Gasteiger partial charge < -0.3 is 20.5 Å². The summed E-state index contributed by atoms with van der Waals surface area (Å²) in [6.07, 6.45) is 1.92. The molecule has 1 aromatic carbocycles. The van der Waals surface area contributed by atoms with Crippen LogP contribution >= 0.6 is 0 Å². The van der Waals surface area contributed by atoms with E-state index in [1.54, 1.807) is 0 Å². The average molecular weight is 461 g/mol. The first-order chi connectivity index (χ1) is 15.6. The summed E-state index contributed by atoms with van der Waals surface area (Å²) in [4.78, 5) is 25.0. The molecular weight excluding hydrogens is 435 g/mol. The number of piperidine rings is 1. The molecular formula is C22H26F3N7O. The topological polar surface area (TPSA) is 102 Å². The second-order valence-corrected chi connectivity index (χ2v) is 7.70. The minimum absolute atomic E-state index is 0.169. The number of rotatable bonds is 3. The molecule has 2 aromatic heterocycles. The van der Waals surface area contributed by atoms with Gasteiger partial charge in [-0.15, -0.1) is 0 Å². The van der Waals surface area contributed by atoms with Crippen LogP contribution in [0, 0.1) is 6.92 Å². The number of hydrogen-bond donors (Lipinski definition) is 2. The summed E-state index contributed by atoms with van der Waals surface area (Å²) < 4.78 is 37.5. The van der Waals surface area contributed by atoms with Crippen molar-refractivity contribution in [2.75, 3.05) is 29.0 Å². The van der Waals surface area contributed by atoms with Gasteiger partial charge in [-0.05, 0) is 50.0 Å². The van der Waals surface area contributed by atoms with Gasteiger partial charge in [-0.2, -0.15) is 13.2 Å². The maximum Gasteiger partial charge on any atom is 0.419 e. The van der Waals surface area contributed by atoms with E-state index in [2.05, 4.69) is 44.4 Å². The molecule has 1 saturated heterocycles. The molecule has 8 nitrogen and oxygen atoms in total. The highest BCUT2D eigenvalue weighted by Crippen LogP contribution is 2.29. The Morgan fingerprint density at radius 3 is 2.39 bits per heavy atom. The zero-order valence-corrected chi connectivity index (χ0v) is 18.5. The molecule has 11 heteroatoms. The van der Waals surface area contributed by atoms with Crippen LogP contribution in [0.3, 0.4) is 0 Å². The van der Waals surface area contributed by atoms with Crippen molar-refractivity contribution in [3.63, 3.8) is 0 Å². The first-order valence-electron chi connectivity index (χ1n) is 10.4. The number of amides is 1. The third-order valence-corrected chi connectivity index (χ3v) is 5.28. The summed E-state index contributed by atoms with van der Waals surface area (Å²) in [7, 11) is 2.06. The number of benzene rings is 1. The van der Waals surface area contributed by atoms with Gasteiger partial charge in [0.1, 0.15) is 0 Å². The maximum atomic E-state index is 11.8. The molecule has 3 aromatic rings. The molecule has 1 fully saturated rings. The van der Waals surface area contributed by atoms with Gasteiger partial charge in [0.25, 0.3) is 0 Å². The van der Waals surface area contributed by atoms with Gasteiger partial charge in [0, 0.05) is 38.2 Å². The first kappa shape index (κ1) is 24.0. The Balaban J connectivity index is 0.000000235. The van der Waals surface area contributed by atoms with Gasteiger partial charge >= 0.3 is 6.18 Å². The van der Waals surface area contributed by atoms with Crippen molar-refractivity contribution in [3.05, 3.63) is 48.3 Å². The number of fused-ring (bicyclic) bond motifs is 1. The van der Waals surface area contributed by atoms with Crippen molar-refractivity contribution in [1.82, 2.24) is 19.5 Å². The SMILES string of the molecule is C=CC(=O)Nc1cc2nc(N3CCCCC3)n(C)c2cc1C.Nc1ncc(C(F)(F)F)cn1. The highest BCUT2D eigenvalue weighted by atomic mass is 19.4. The first-order valence-corrected chi connectivity index (χ1v) is 10.4. The number of halogens is 3. The van der Waals surface area contributed by atoms with E-state index in [1.165, 1.54) is 25.3 Å². The van der Waals surface area contributed by atoms with Crippen LogP contribution in [0.5, 0.6) is 0 Å². The highest BCUT2D eigenvalue weighted by Gasteiger charge is 2.31. The van der Waals surface area contributed by atoms with Crippen LogP contribution in [0.2, 0.25) is 0 Å². The smallest absolute Gasteiger partial charge is 0.368 e. The van der Waals surface area contributed by atoms with Crippen molar-refractivity contribution in [3.8, 4) is 0 Å². The molecule has 0 aliphatic carbocycles. The summed E-state index contributed by atoms with van der Waals surface area (Å²) in [6.45, 7) is 7.61. The molecule has 0 atom stereocenters. The molecule has 0 spiro atoms. The quantitative estimate of drug-likeness (QED) is 0.570. The number of nitrogens with two attached hydrogens (primary N) is 1. The Labute approximate surface area is 189 Å². The second kappa shape index (κ2) is 9.88. The fourth-order valence-electron chi connectivity index (χ4n) is 3.51. The van der Waals surface area contributed by atoms with E-state index in [0.717, 1.165) is 41.3 Å². The predicted octanol–water partition coefficient (Wildman–Crippen LogP) is 4.07. The van der Waals surface area contributed by atoms with E-state index < -0.39 is 11.7 Å². The number of aryl methyl sites for hydroxylation is 2. The zero-order chi connectivity index (χ0) is 24.2. The Bertz CT molecular complexity index is 1130. The van der Waals surface area contributed by atoms with Gasteiger partial charge in [0.15, 0.2) is 0 Å². The van der Waals surface area contributed by atoms with Crippen molar-refractivity contribution in [1.29, 1.82) is 0 Å². The average Bonchev–Trinajstić information content (AvgIpc) is 3.10. The maximum absolute atomic E-state index is 11.8. The third kappa shape index (κ3) is 5.79. The van der Waals surface area contributed by atoms with Crippen LogP contribution in [0.25, 0.3) is 11.0 Å². The van der Waals surface area contributed by atoms with Crippen LogP contribution in [0.15, 0.2) is 37.2 Å². The van der Waals surface area contributed by atoms with Crippen LogP contribution < -0.4 is 16.0 Å². The normalized spacial score (nSPS) is 13.9. The lowest BCUT2D eigenvalue weighted by Crippen LogP contribution is -2.31. The molecule has 3 N–H and O–H groups in total. The Kier molecular flexibility index (Phi) is 7.19. The molecule has 0 unspecified atom stereocenters. The number of imidazole rings is 1. The van der Waals surface area contributed by atoms with Gasteiger partial charge in [0.05, 0.1) is 16.6 Å². The third-order valence-electron chi connectivity index (χ3n) is 5.28. The number of nitrogens with zero attached hydrogens (tertiary/aromatic N) is 5. The fourth-order valence-corrected chi connectivity index (χ4v) is 3.51. The number of nitrogen functional groups attached to an aromatic ring is 1. The number of hydrogen-bond acceptors (Lipinski definition) is 6. The summed E-state index contributed by atoms with van der Waals surface area (Å²) in [6, 6.07) is 4.02. The number of alkyl halides is 3. The number of aromatic nitrogens is 4. The molecule has 0 bridgehead atoms. The monoisotopic (exact) mass is 461 g/mol. The Morgan fingerprint density at radius 2 is 1.82 bits per heavy atom. The van der Waals surface area contributed by atoms with Crippen LogP contribution in [0.1, 0.15) is 30.4 Å². The number of anilines is 3. The number of carbonyl (C=O) groups excluding carboxylic acids is 1. The van der Waals surface area contributed by atoms with E-state index in [9.17, 15) is 18.0 Å². The van der Waals surface area contributed by atoms with Crippen molar-refractivity contribution < 1.29 is 18.0 Å². The van der Waals surface area contributed by atoms with Gasteiger partial charge in [0.2, 0.25) is 17.8 Å². The van der Waals surface area contributed by atoms with Gasteiger partial charge in [-0.25, -0.2) is 15.0 Å². The molecule has 1 amide bonds. The summed E-state index contributed by atoms with van der Waals surface area (Å²) in [5.74, 6) is 0.647. The van der Waals surface area contributed by atoms with E-state index in [0.29, 0.717) is 12.4 Å². The van der Waals surface area contributed by atoms with Crippen LogP contribution in [0.4, 0.5) is 30.8 Å². The lowest BCUT2D eigenvalue weighted by molar-refractivity contribution is -0.138. The Morgan fingerprint density at radius 1 is 1.18 bits per heavy atom. The minimum Gasteiger partial charge on any atom is -0.368 e. The van der Waals surface area contributed by atoms with Gasteiger partial charge in [-0.1, -0.05) is 6.58 Å². The standard InChI is InChI=1S/C17H22N4O.C5H4F3N3/c1-4-16(22)18-13-11-14-15(10-12(13)2)20(3)17(19-14)21-8-6-5-7-9-21;6-5(7,8)3-1-10-4(9)11-2-3/h4,10-11H,1,5-9H2,2-3H3,(H,18,22);1-2H,(H2,9,10,11). The lowest BCUT2D eigenvalue weighted by atomic mass is 10.1. The van der Waals surface area contributed by atoms with E-state index in [-0.39, 0.29) is 11.9 Å². The summed E-state index contributed by atoms with van der Waals surface area (Å²) in [5, 5.41) is 2.84. The van der Waals surface area contributed by atoms with Crippen molar-refractivity contribution in [2.45, 2.75) is 32.4 Å². The minimum atomic E-state index is -4.40. The fraction of sp³-hybridized carbons (Fsp3) is 0.364.